The summed E-state index contributed by atoms with van der Waals surface area (Å²) >= 11 is 1.32. The third-order valence-electron chi connectivity index (χ3n) is 3.09. The smallest absolute Gasteiger partial charge is 0.259 e. The van der Waals surface area contributed by atoms with E-state index in [1.807, 2.05) is 13.8 Å². The van der Waals surface area contributed by atoms with Crippen LogP contribution in [0.25, 0.3) is 0 Å². The molecule has 20 heavy (non-hydrogen) atoms. The van der Waals surface area contributed by atoms with Crippen molar-refractivity contribution >= 4 is 22.2 Å². The predicted molar refractivity (Wildman–Crippen MR) is 77.6 cm³/mol. The summed E-state index contributed by atoms with van der Waals surface area (Å²) in [6.07, 6.45) is 0. The van der Waals surface area contributed by atoms with Gasteiger partial charge in [0.05, 0.1) is 11.1 Å². The molecule has 0 unspecified atom stereocenters. The van der Waals surface area contributed by atoms with Gasteiger partial charge >= 0.3 is 0 Å². The van der Waals surface area contributed by atoms with Crippen molar-refractivity contribution < 1.29 is 9.18 Å². The van der Waals surface area contributed by atoms with Crippen LogP contribution < -0.4 is 5.32 Å². The Morgan fingerprint density at radius 2 is 2.05 bits per heavy atom. The second-order valence-corrected chi connectivity index (χ2v) is 5.76. The molecule has 0 aliphatic rings. The first-order valence-electron chi connectivity index (χ1n) is 6.01. The summed E-state index contributed by atoms with van der Waals surface area (Å²) < 4.78 is 13.7. The molecule has 102 valence electrons. The van der Waals surface area contributed by atoms with Crippen molar-refractivity contribution in [3.63, 3.8) is 0 Å². The van der Waals surface area contributed by atoms with Gasteiger partial charge in [-0.3, -0.25) is 4.79 Å². The van der Waals surface area contributed by atoms with Crippen molar-refractivity contribution in [3.8, 4) is 6.07 Å². The Hall–Kier alpha value is -2.19. The number of hydrogen-bond acceptors (Lipinski definition) is 3. The maximum Gasteiger partial charge on any atom is 0.259 e. The van der Waals surface area contributed by atoms with Crippen LogP contribution >= 0.6 is 11.3 Å². The van der Waals surface area contributed by atoms with Gasteiger partial charge < -0.3 is 5.32 Å². The van der Waals surface area contributed by atoms with E-state index in [1.54, 1.807) is 13.0 Å². The molecule has 1 heterocycles. The molecule has 0 aliphatic carbocycles. The van der Waals surface area contributed by atoms with Crippen molar-refractivity contribution in [1.82, 2.24) is 0 Å². The summed E-state index contributed by atoms with van der Waals surface area (Å²) in [5.74, 6) is -1.11. The minimum absolute atomic E-state index is 0.0161. The third kappa shape index (κ3) is 2.56. The van der Waals surface area contributed by atoms with Gasteiger partial charge in [0, 0.05) is 4.88 Å². The van der Waals surface area contributed by atoms with Crippen molar-refractivity contribution in [2.75, 3.05) is 5.32 Å². The molecule has 1 N–H and O–H groups in total. The molecule has 0 aliphatic heterocycles. The third-order valence-corrected chi connectivity index (χ3v) is 4.21. The van der Waals surface area contributed by atoms with E-state index in [0.29, 0.717) is 10.6 Å². The van der Waals surface area contributed by atoms with E-state index in [4.69, 9.17) is 5.26 Å². The number of halogens is 1. The Labute approximate surface area is 120 Å². The quantitative estimate of drug-likeness (QED) is 0.910. The van der Waals surface area contributed by atoms with Crippen LogP contribution in [-0.2, 0) is 0 Å². The van der Waals surface area contributed by atoms with E-state index in [1.165, 1.54) is 23.5 Å². The lowest BCUT2D eigenvalue weighted by Gasteiger charge is -2.05. The zero-order chi connectivity index (χ0) is 14.9. The zero-order valence-electron chi connectivity index (χ0n) is 11.4. The number of carbonyl (C=O) groups excluding carboxylic acids is 1. The molecule has 1 aromatic carbocycles. The van der Waals surface area contributed by atoms with Crippen molar-refractivity contribution in [3.05, 3.63) is 51.1 Å². The molecule has 0 saturated carbocycles. The van der Waals surface area contributed by atoms with Crippen molar-refractivity contribution in [2.45, 2.75) is 20.8 Å². The average Bonchev–Trinajstić information content (AvgIpc) is 2.67. The number of benzene rings is 1. The lowest BCUT2D eigenvalue weighted by molar-refractivity contribution is 0.102. The van der Waals surface area contributed by atoms with Crippen LogP contribution in [0.15, 0.2) is 18.2 Å². The van der Waals surface area contributed by atoms with E-state index in [0.717, 1.165) is 16.0 Å². The highest BCUT2D eigenvalue weighted by molar-refractivity contribution is 7.16. The largest absolute Gasteiger partial charge is 0.312 e. The summed E-state index contributed by atoms with van der Waals surface area (Å²) in [6.45, 7) is 5.49. The summed E-state index contributed by atoms with van der Waals surface area (Å²) in [5.41, 5.74) is 2.07. The number of anilines is 1. The first kappa shape index (κ1) is 14.2. The van der Waals surface area contributed by atoms with E-state index in [-0.39, 0.29) is 5.56 Å². The molecule has 0 radical (unpaired) electrons. The van der Waals surface area contributed by atoms with Gasteiger partial charge in [-0.15, -0.1) is 11.3 Å². The minimum atomic E-state index is -0.573. The number of aryl methyl sites for hydroxylation is 2. The Balaban J connectivity index is 2.36. The van der Waals surface area contributed by atoms with Crippen LogP contribution in [0.1, 0.15) is 31.9 Å². The van der Waals surface area contributed by atoms with Gasteiger partial charge in [0.15, 0.2) is 0 Å². The van der Waals surface area contributed by atoms with Gasteiger partial charge in [0.2, 0.25) is 0 Å². The molecule has 0 fully saturated rings. The highest BCUT2D eigenvalue weighted by Crippen LogP contribution is 2.32. The molecule has 2 aromatic rings. The molecule has 3 nitrogen and oxygen atoms in total. The Morgan fingerprint density at radius 3 is 2.70 bits per heavy atom. The number of nitrogens with zero attached hydrogens (tertiary/aromatic N) is 1. The Morgan fingerprint density at radius 1 is 1.35 bits per heavy atom. The molecule has 0 bridgehead atoms. The van der Waals surface area contributed by atoms with E-state index >= 15 is 0 Å². The second kappa shape index (κ2) is 5.43. The van der Waals surface area contributed by atoms with Crippen LogP contribution in [0.5, 0.6) is 0 Å². The molecule has 0 saturated heterocycles. The van der Waals surface area contributed by atoms with Gasteiger partial charge in [-0.05, 0) is 38.5 Å². The first-order valence-corrected chi connectivity index (χ1v) is 6.83. The highest BCUT2D eigenvalue weighted by atomic mass is 32.1. The number of nitrogens with one attached hydrogen (secondary N) is 1. The summed E-state index contributed by atoms with van der Waals surface area (Å²) in [7, 11) is 0. The molecule has 1 amide bonds. The molecular formula is C15H13FN2OS. The number of carbonyl (C=O) groups is 1. The summed E-state index contributed by atoms with van der Waals surface area (Å²) in [4.78, 5) is 13.1. The second-order valence-electron chi connectivity index (χ2n) is 4.54. The first-order chi connectivity index (χ1) is 9.43. The monoisotopic (exact) mass is 288 g/mol. The van der Waals surface area contributed by atoms with E-state index in [9.17, 15) is 9.18 Å². The van der Waals surface area contributed by atoms with Gasteiger partial charge in [-0.2, -0.15) is 5.26 Å². The van der Waals surface area contributed by atoms with Crippen LogP contribution in [-0.4, -0.2) is 5.91 Å². The van der Waals surface area contributed by atoms with Crippen molar-refractivity contribution in [2.24, 2.45) is 0 Å². The van der Waals surface area contributed by atoms with Gasteiger partial charge in [0.1, 0.15) is 16.9 Å². The van der Waals surface area contributed by atoms with Gasteiger partial charge in [0.25, 0.3) is 5.91 Å². The highest BCUT2D eigenvalue weighted by Gasteiger charge is 2.17. The predicted octanol–water partition coefficient (Wildman–Crippen LogP) is 3.94. The maximum absolute atomic E-state index is 13.7. The topological polar surface area (TPSA) is 52.9 Å². The molecule has 1 aromatic heterocycles. The molecule has 2 rings (SSSR count). The standard InChI is InChI=1S/C15H13FN2OS/c1-8-4-5-13(16)11(6-8)14(19)18-15-12(7-17)9(2)10(3)20-15/h4-6H,1-3H3,(H,18,19). The molecule has 0 spiro atoms. The number of hydrogen-bond donors (Lipinski definition) is 1. The fraction of sp³-hybridized carbons (Fsp3) is 0.200. The normalized spacial score (nSPS) is 10.2. The van der Waals surface area contributed by atoms with Crippen molar-refractivity contribution in [1.29, 1.82) is 5.26 Å². The lowest BCUT2D eigenvalue weighted by atomic mass is 10.1. The number of thiophene rings is 1. The summed E-state index contributed by atoms with van der Waals surface area (Å²) in [6, 6.07) is 6.43. The number of amides is 1. The fourth-order valence-corrected chi connectivity index (χ4v) is 2.84. The maximum atomic E-state index is 13.7. The van der Waals surface area contributed by atoms with Crippen LogP contribution in [0.3, 0.4) is 0 Å². The minimum Gasteiger partial charge on any atom is -0.312 e. The van der Waals surface area contributed by atoms with E-state index in [2.05, 4.69) is 11.4 Å². The van der Waals surface area contributed by atoms with Crippen LogP contribution in [0, 0.1) is 37.9 Å². The van der Waals surface area contributed by atoms with Gasteiger partial charge in [-0.25, -0.2) is 4.39 Å². The van der Waals surface area contributed by atoms with Crippen LogP contribution in [0.2, 0.25) is 0 Å². The zero-order valence-corrected chi connectivity index (χ0v) is 12.2. The Kier molecular flexibility index (Phi) is 3.86. The molecule has 5 heteroatoms. The van der Waals surface area contributed by atoms with E-state index < -0.39 is 11.7 Å². The molecule has 0 atom stereocenters. The SMILES string of the molecule is Cc1ccc(F)c(C(=O)Nc2sc(C)c(C)c2C#N)c1. The summed E-state index contributed by atoms with van der Waals surface area (Å²) in [5, 5.41) is 12.2. The van der Waals surface area contributed by atoms with Gasteiger partial charge in [-0.1, -0.05) is 11.6 Å². The molecular weight excluding hydrogens is 275 g/mol. The fourth-order valence-electron chi connectivity index (χ4n) is 1.83. The number of nitriles is 1. The number of rotatable bonds is 2. The lowest BCUT2D eigenvalue weighted by Crippen LogP contribution is -2.13. The Bertz CT molecular complexity index is 728. The average molecular weight is 288 g/mol. The van der Waals surface area contributed by atoms with Crippen LogP contribution in [0.4, 0.5) is 9.39 Å².